The molecule has 1 saturated heterocycles. The third-order valence-corrected chi connectivity index (χ3v) is 5.24. The fourth-order valence-corrected chi connectivity index (χ4v) is 4.04. The molecule has 2 rings (SSSR count). The van der Waals surface area contributed by atoms with Crippen LogP contribution in [0.5, 0.6) is 0 Å². The Morgan fingerprint density at radius 3 is 2.83 bits per heavy atom. The van der Waals surface area contributed by atoms with E-state index in [-0.39, 0.29) is 29.6 Å². The van der Waals surface area contributed by atoms with Crippen molar-refractivity contribution < 1.29 is 17.5 Å². The van der Waals surface area contributed by atoms with Crippen LogP contribution >= 0.6 is 0 Å². The van der Waals surface area contributed by atoms with Crippen LogP contribution in [-0.4, -0.2) is 44.3 Å². The first kappa shape index (κ1) is 14.0. The Morgan fingerprint density at radius 2 is 2.28 bits per heavy atom. The van der Waals surface area contributed by atoms with E-state index in [1.54, 1.807) is 0 Å². The second-order valence-electron chi connectivity index (χ2n) is 5.85. The monoisotopic (exact) mass is 277 g/mol. The number of hydrogen-bond donors (Lipinski definition) is 0. The van der Waals surface area contributed by atoms with Gasteiger partial charge in [0.1, 0.15) is 5.83 Å². The first-order valence-electron chi connectivity index (χ1n) is 6.22. The lowest BCUT2D eigenvalue weighted by Gasteiger charge is -2.25. The van der Waals surface area contributed by atoms with E-state index in [9.17, 15) is 12.8 Å². The third-order valence-electron chi connectivity index (χ3n) is 3.35. The van der Waals surface area contributed by atoms with Gasteiger partial charge in [-0.1, -0.05) is 19.9 Å². The summed E-state index contributed by atoms with van der Waals surface area (Å²) in [5.41, 5.74) is 0.0350. The summed E-state index contributed by atoms with van der Waals surface area (Å²) in [6.07, 6.45) is 2.36. The van der Waals surface area contributed by atoms with Crippen molar-refractivity contribution in [3.63, 3.8) is 0 Å². The molecule has 0 aromatic rings. The minimum atomic E-state index is -3.42. The van der Waals surface area contributed by atoms with Crippen LogP contribution in [0.15, 0.2) is 11.9 Å². The lowest BCUT2D eigenvalue weighted by Crippen LogP contribution is -2.39. The van der Waals surface area contributed by atoms with Crippen molar-refractivity contribution in [3.8, 4) is 0 Å². The lowest BCUT2D eigenvalue weighted by molar-refractivity contribution is 0.112. The molecule has 6 heteroatoms. The maximum atomic E-state index is 13.1. The van der Waals surface area contributed by atoms with Gasteiger partial charge in [-0.15, -0.1) is 0 Å². The SMILES string of the molecule is CC1(C)COC(CS(=O)(=O)N2CCC=C(F)C2)C1. The maximum Gasteiger partial charge on any atom is 0.217 e. The first-order valence-corrected chi connectivity index (χ1v) is 7.83. The van der Waals surface area contributed by atoms with Gasteiger partial charge >= 0.3 is 0 Å². The van der Waals surface area contributed by atoms with Crippen LogP contribution in [0.4, 0.5) is 4.39 Å². The van der Waals surface area contributed by atoms with Crippen LogP contribution in [0.25, 0.3) is 0 Å². The van der Waals surface area contributed by atoms with Gasteiger partial charge in [0.05, 0.1) is 25.0 Å². The summed E-state index contributed by atoms with van der Waals surface area (Å²) >= 11 is 0. The molecular formula is C12H20FNO3S. The van der Waals surface area contributed by atoms with Crippen LogP contribution < -0.4 is 0 Å². The zero-order valence-electron chi connectivity index (χ0n) is 10.9. The summed E-state index contributed by atoms with van der Waals surface area (Å²) in [5.74, 6) is -0.401. The molecule has 0 bridgehead atoms. The number of halogens is 1. The Bertz CT molecular complexity index is 444. The molecule has 18 heavy (non-hydrogen) atoms. The average Bonchev–Trinajstić information content (AvgIpc) is 2.57. The standard InChI is InChI=1S/C12H20FNO3S/c1-12(2)6-11(17-9-12)8-18(15,16)14-5-3-4-10(13)7-14/h4,11H,3,5-9H2,1-2H3. The number of rotatable bonds is 3. The van der Waals surface area contributed by atoms with Crippen molar-refractivity contribution >= 4 is 10.0 Å². The molecule has 0 saturated carbocycles. The normalized spacial score (nSPS) is 29.3. The Hall–Kier alpha value is -0.460. The summed E-state index contributed by atoms with van der Waals surface area (Å²) in [7, 11) is -3.42. The Labute approximate surface area is 108 Å². The molecule has 1 unspecified atom stereocenters. The van der Waals surface area contributed by atoms with E-state index in [0.29, 0.717) is 19.6 Å². The topological polar surface area (TPSA) is 46.6 Å². The van der Waals surface area contributed by atoms with Crippen molar-refractivity contribution in [2.45, 2.75) is 32.8 Å². The first-order chi connectivity index (χ1) is 8.28. The summed E-state index contributed by atoms with van der Waals surface area (Å²) in [4.78, 5) is 0. The summed E-state index contributed by atoms with van der Waals surface area (Å²) < 4.78 is 44.2. The minimum absolute atomic E-state index is 0.0350. The molecule has 0 radical (unpaired) electrons. The summed E-state index contributed by atoms with van der Waals surface area (Å²) in [5, 5.41) is 0. The van der Waals surface area contributed by atoms with Gasteiger partial charge in [-0.3, -0.25) is 0 Å². The van der Waals surface area contributed by atoms with Crippen LogP contribution in [0.1, 0.15) is 26.7 Å². The molecule has 104 valence electrons. The molecule has 2 aliphatic rings. The van der Waals surface area contributed by atoms with E-state index in [1.807, 2.05) is 0 Å². The van der Waals surface area contributed by atoms with E-state index in [4.69, 9.17) is 4.74 Å². The van der Waals surface area contributed by atoms with E-state index in [2.05, 4.69) is 13.8 Å². The molecule has 1 atom stereocenters. The molecule has 0 aromatic heterocycles. The molecule has 0 aliphatic carbocycles. The molecule has 2 aliphatic heterocycles. The largest absolute Gasteiger partial charge is 0.377 e. The molecule has 0 amide bonds. The third kappa shape index (κ3) is 3.30. The van der Waals surface area contributed by atoms with Crippen molar-refractivity contribution in [1.82, 2.24) is 4.31 Å². The van der Waals surface area contributed by atoms with Gasteiger partial charge in [0, 0.05) is 6.54 Å². The quantitative estimate of drug-likeness (QED) is 0.788. The van der Waals surface area contributed by atoms with Crippen molar-refractivity contribution in [3.05, 3.63) is 11.9 Å². The second-order valence-corrected chi connectivity index (χ2v) is 7.87. The number of ether oxygens (including phenoxy) is 1. The van der Waals surface area contributed by atoms with E-state index >= 15 is 0 Å². The highest BCUT2D eigenvalue weighted by Crippen LogP contribution is 2.32. The van der Waals surface area contributed by atoms with Crippen molar-refractivity contribution in [2.24, 2.45) is 5.41 Å². The van der Waals surface area contributed by atoms with E-state index in [0.717, 1.165) is 6.42 Å². The number of hydrogen-bond acceptors (Lipinski definition) is 3. The fraction of sp³-hybridized carbons (Fsp3) is 0.833. The van der Waals surface area contributed by atoms with Gasteiger partial charge in [-0.2, -0.15) is 4.31 Å². The summed E-state index contributed by atoms with van der Waals surface area (Å²) in [6, 6.07) is 0. The zero-order chi connectivity index (χ0) is 13.4. The number of sulfonamides is 1. The second kappa shape index (κ2) is 4.90. The predicted octanol–water partition coefficient (Wildman–Crippen LogP) is 1.69. The van der Waals surface area contributed by atoms with Gasteiger partial charge in [0.15, 0.2) is 0 Å². The molecule has 4 nitrogen and oxygen atoms in total. The lowest BCUT2D eigenvalue weighted by atomic mass is 9.91. The molecular weight excluding hydrogens is 257 g/mol. The molecule has 0 spiro atoms. The van der Waals surface area contributed by atoms with Crippen molar-refractivity contribution in [2.75, 3.05) is 25.4 Å². The Morgan fingerprint density at radius 1 is 1.56 bits per heavy atom. The number of nitrogens with zero attached hydrogens (tertiary/aromatic N) is 1. The molecule has 1 fully saturated rings. The molecule has 0 aromatic carbocycles. The van der Waals surface area contributed by atoms with Gasteiger partial charge in [-0.05, 0) is 18.3 Å². The van der Waals surface area contributed by atoms with Gasteiger partial charge in [0.25, 0.3) is 0 Å². The van der Waals surface area contributed by atoms with Crippen LogP contribution in [0, 0.1) is 5.41 Å². The Balaban J connectivity index is 1.98. The van der Waals surface area contributed by atoms with Gasteiger partial charge < -0.3 is 4.74 Å². The highest BCUT2D eigenvalue weighted by Gasteiger charge is 2.36. The predicted molar refractivity (Wildman–Crippen MR) is 67.3 cm³/mol. The maximum absolute atomic E-state index is 13.1. The van der Waals surface area contributed by atoms with E-state index in [1.165, 1.54) is 10.4 Å². The van der Waals surface area contributed by atoms with E-state index < -0.39 is 10.0 Å². The minimum Gasteiger partial charge on any atom is -0.377 e. The molecule has 0 N–H and O–H groups in total. The fourth-order valence-electron chi connectivity index (χ4n) is 2.44. The average molecular weight is 277 g/mol. The van der Waals surface area contributed by atoms with Crippen LogP contribution in [0.3, 0.4) is 0 Å². The smallest absolute Gasteiger partial charge is 0.217 e. The highest BCUT2D eigenvalue weighted by molar-refractivity contribution is 7.89. The summed E-state index contributed by atoms with van der Waals surface area (Å²) in [6.45, 7) is 4.94. The zero-order valence-corrected chi connectivity index (χ0v) is 11.7. The van der Waals surface area contributed by atoms with Crippen LogP contribution in [0.2, 0.25) is 0 Å². The molecule has 2 heterocycles. The Kier molecular flexibility index (Phi) is 3.80. The van der Waals surface area contributed by atoms with Crippen LogP contribution in [-0.2, 0) is 14.8 Å². The van der Waals surface area contributed by atoms with Gasteiger partial charge in [-0.25, -0.2) is 12.8 Å². The highest BCUT2D eigenvalue weighted by atomic mass is 32.2. The van der Waals surface area contributed by atoms with Crippen molar-refractivity contribution in [1.29, 1.82) is 0 Å². The van der Waals surface area contributed by atoms with Gasteiger partial charge in [0.2, 0.25) is 10.0 Å².